The van der Waals surface area contributed by atoms with E-state index in [0.29, 0.717) is 57.3 Å². The second kappa shape index (κ2) is 11.9. The number of nitrogens with one attached hydrogen (secondary N) is 1. The standard InChI is InChI=1S/C27H40N4O4.ClH/c1-2-3-15-31-24(33)22(18-26(35)11-5-4-6-12-26)29-25(34)27(31)13-16-30(17-14-27)19-20-7-9-21(10-8-20)23(28)32;/h7-10,22,35H,2-6,11-19H2,1H3,(H2,28,32)(H,29,34);1H/t22-;/m1./s1. The SMILES string of the molecule is CCCCN1C(=O)[C@@H](CC2(O)CCCCC2)NC(=O)C12CCN(Cc1ccc(C(N)=O)cc1)CC2.Cl. The Morgan fingerprint density at radius 3 is 2.31 bits per heavy atom. The second-order valence-electron chi connectivity index (χ2n) is 10.7. The average molecular weight is 521 g/mol. The minimum atomic E-state index is -0.861. The highest BCUT2D eigenvalue weighted by atomic mass is 35.5. The lowest BCUT2D eigenvalue weighted by molar-refractivity contribution is -0.163. The summed E-state index contributed by atoms with van der Waals surface area (Å²) in [6.45, 7) is 4.79. The molecule has 1 aliphatic carbocycles. The average Bonchev–Trinajstić information content (AvgIpc) is 2.84. The number of nitrogens with zero attached hydrogens (tertiary/aromatic N) is 2. The Bertz CT molecular complexity index is 924. The first-order valence-corrected chi connectivity index (χ1v) is 13.2. The predicted octanol–water partition coefficient (Wildman–Crippen LogP) is 2.75. The van der Waals surface area contributed by atoms with Crippen LogP contribution < -0.4 is 11.1 Å². The van der Waals surface area contributed by atoms with E-state index in [2.05, 4.69) is 17.1 Å². The van der Waals surface area contributed by atoms with Gasteiger partial charge in [-0.05, 0) is 49.8 Å². The summed E-state index contributed by atoms with van der Waals surface area (Å²) >= 11 is 0. The Morgan fingerprint density at radius 2 is 1.72 bits per heavy atom. The number of hydrogen-bond donors (Lipinski definition) is 3. The normalized spacial score (nSPS) is 23.7. The summed E-state index contributed by atoms with van der Waals surface area (Å²) in [7, 11) is 0. The van der Waals surface area contributed by atoms with Crippen LogP contribution in [0.3, 0.4) is 0 Å². The maximum atomic E-state index is 13.7. The van der Waals surface area contributed by atoms with Crippen LogP contribution >= 0.6 is 12.4 Å². The number of unbranched alkanes of at least 4 members (excludes halogenated alkanes) is 1. The number of amides is 3. The Kier molecular flexibility index (Phi) is 9.41. The van der Waals surface area contributed by atoms with Gasteiger partial charge in [0, 0.05) is 38.2 Å². The summed E-state index contributed by atoms with van der Waals surface area (Å²) < 4.78 is 0. The molecule has 0 aromatic heterocycles. The lowest BCUT2D eigenvalue weighted by atomic mass is 9.77. The molecule has 4 N–H and O–H groups in total. The maximum Gasteiger partial charge on any atom is 0.248 e. The fourth-order valence-corrected chi connectivity index (χ4v) is 6.06. The monoisotopic (exact) mass is 520 g/mol. The van der Waals surface area contributed by atoms with E-state index in [1.54, 1.807) is 12.1 Å². The molecule has 1 aromatic rings. The van der Waals surface area contributed by atoms with Crippen LogP contribution in [0.25, 0.3) is 0 Å². The van der Waals surface area contributed by atoms with Crippen LogP contribution in [0.2, 0.25) is 0 Å². The van der Waals surface area contributed by atoms with Crippen LogP contribution in [0.1, 0.15) is 87.1 Å². The van der Waals surface area contributed by atoms with Gasteiger partial charge in [-0.25, -0.2) is 0 Å². The number of piperazine rings is 1. The van der Waals surface area contributed by atoms with E-state index in [4.69, 9.17) is 5.73 Å². The molecule has 200 valence electrons. The number of carbonyl (C=O) groups excluding carboxylic acids is 3. The molecule has 0 radical (unpaired) electrons. The number of likely N-dealkylation sites (tertiary alicyclic amines) is 1. The van der Waals surface area contributed by atoms with Gasteiger partial charge in [-0.2, -0.15) is 0 Å². The first-order chi connectivity index (χ1) is 16.8. The van der Waals surface area contributed by atoms with Crippen LogP contribution in [0.5, 0.6) is 0 Å². The molecule has 2 aliphatic heterocycles. The Morgan fingerprint density at radius 1 is 1.08 bits per heavy atom. The number of benzene rings is 1. The first-order valence-electron chi connectivity index (χ1n) is 13.2. The smallest absolute Gasteiger partial charge is 0.248 e. The second-order valence-corrected chi connectivity index (χ2v) is 10.7. The van der Waals surface area contributed by atoms with Gasteiger partial charge in [0.15, 0.2) is 0 Å². The maximum absolute atomic E-state index is 13.7. The molecule has 3 aliphatic rings. The molecule has 1 saturated carbocycles. The fourth-order valence-electron chi connectivity index (χ4n) is 6.06. The number of aliphatic hydroxyl groups is 1. The Balaban J connectivity index is 0.00000361. The van der Waals surface area contributed by atoms with Gasteiger partial charge in [-0.3, -0.25) is 19.3 Å². The number of nitrogens with two attached hydrogens (primary N) is 1. The highest BCUT2D eigenvalue weighted by Crippen LogP contribution is 2.37. The molecule has 3 amide bonds. The van der Waals surface area contributed by atoms with E-state index in [1.807, 2.05) is 17.0 Å². The van der Waals surface area contributed by atoms with Gasteiger partial charge in [0.2, 0.25) is 17.7 Å². The molecule has 3 fully saturated rings. The number of piperidine rings is 1. The minimum Gasteiger partial charge on any atom is -0.390 e. The van der Waals surface area contributed by atoms with Crippen molar-refractivity contribution in [3.63, 3.8) is 0 Å². The van der Waals surface area contributed by atoms with Crippen molar-refractivity contribution in [2.75, 3.05) is 19.6 Å². The van der Waals surface area contributed by atoms with Gasteiger partial charge >= 0.3 is 0 Å². The molecular formula is C27H41ClN4O4. The summed E-state index contributed by atoms with van der Waals surface area (Å²) in [6.07, 6.45) is 7.73. The summed E-state index contributed by atoms with van der Waals surface area (Å²) in [5.74, 6) is -0.541. The van der Waals surface area contributed by atoms with Gasteiger partial charge in [0.1, 0.15) is 11.6 Å². The van der Waals surface area contributed by atoms with Gasteiger partial charge in [-0.1, -0.05) is 44.7 Å². The number of hydrogen-bond acceptors (Lipinski definition) is 5. The summed E-state index contributed by atoms with van der Waals surface area (Å²) in [6, 6.07) is 6.66. The zero-order valence-electron chi connectivity index (χ0n) is 21.3. The summed E-state index contributed by atoms with van der Waals surface area (Å²) in [5, 5.41) is 14.1. The molecule has 8 nitrogen and oxygen atoms in total. The van der Waals surface area contributed by atoms with Crippen LogP contribution in [0.4, 0.5) is 0 Å². The van der Waals surface area contributed by atoms with E-state index in [0.717, 1.165) is 44.2 Å². The molecule has 36 heavy (non-hydrogen) atoms. The summed E-state index contributed by atoms with van der Waals surface area (Å²) in [5.41, 5.74) is 5.23. The van der Waals surface area contributed by atoms with Gasteiger partial charge in [0.25, 0.3) is 0 Å². The van der Waals surface area contributed by atoms with Crippen molar-refractivity contribution in [1.82, 2.24) is 15.1 Å². The van der Waals surface area contributed by atoms with E-state index in [1.165, 1.54) is 0 Å². The lowest BCUT2D eigenvalue weighted by Crippen LogP contribution is -2.73. The van der Waals surface area contributed by atoms with Crippen molar-refractivity contribution in [3.05, 3.63) is 35.4 Å². The largest absolute Gasteiger partial charge is 0.390 e. The van der Waals surface area contributed by atoms with Crippen molar-refractivity contribution >= 4 is 30.1 Å². The minimum absolute atomic E-state index is 0. The molecule has 4 rings (SSSR count). The van der Waals surface area contributed by atoms with Crippen LogP contribution in [0.15, 0.2) is 24.3 Å². The Labute approximate surface area is 220 Å². The van der Waals surface area contributed by atoms with Crippen LogP contribution in [-0.4, -0.2) is 69.4 Å². The molecule has 1 aromatic carbocycles. The molecule has 1 spiro atoms. The zero-order valence-corrected chi connectivity index (χ0v) is 22.2. The van der Waals surface area contributed by atoms with Gasteiger partial charge in [0.05, 0.1) is 5.60 Å². The van der Waals surface area contributed by atoms with E-state index >= 15 is 0 Å². The Hall–Kier alpha value is -2.16. The molecule has 9 heteroatoms. The van der Waals surface area contributed by atoms with E-state index in [9.17, 15) is 19.5 Å². The van der Waals surface area contributed by atoms with E-state index in [-0.39, 0.29) is 24.2 Å². The lowest BCUT2D eigenvalue weighted by Gasteiger charge is -2.52. The molecule has 0 bridgehead atoms. The molecule has 0 unspecified atom stereocenters. The first kappa shape index (κ1) is 28.4. The highest BCUT2D eigenvalue weighted by Gasteiger charge is 2.54. The zero-order chi connectivity index (χ0) is 25.1. The third kappa shape index (κ3) is 6.03. The molecule has 2 saturated heterocycles. The molecule has 2 heterocycles. The summed E-state index contributed by atoms with van der Waals surface area (Å²) in [4.78, 5) is 42.7. The van der Waals surface area contributed by atoms with Crippen molar-refractivity contribution in [1.29, 1.82) is 0 Å². The molecular weight excluding hydrogens is 480 g/mol. The van der Waals surface area contributed by atoms with Crippen molar-refractivity contribution in [3.8, 4) is 0 Å². The van der Waals surface area contributed by atoms with E-state index < -0.39 is 23.1 Å². The number of rotatable bonds is 8. The van der Waals surface area contributed by atoms with Crippen LogP contribution in [-0.2, 0) is 16.1 Å². The topological polar surface area (TPSA) is 116 Å². The number of halogens is 1. The van der Waals surface area contributed by atoms with Crippen molar-refractivity contribution in [2.24, 2.45) is 5.73 Å². The third-order valence-corrected chi connectivity index (χ3v) is 8.24. The fraction of sp³-hybridized carbons (Fsp3) is 0.667. The number of carbonyl (C=O) groups is 3. The highest BCUT2D eigenvalue weighted by molar-refractivity contribution is 6.00. The third-order valence-electron chi connectivity index (χ3n) is 8.24. The van der Waals surface area contributed by atoms with Crippen molar-refractivity contribution < 1.29 is 19.5 Å². The van der Waals surface area contributed by atoms with Crippen molar-refractivity contribution in [2.45, 2.75) is 94.9 Å². The number of primary amides is 1. The quantitative estimate of drug-likeness (QED) is 0.487. The van der Waals surface area contributed by atoms with Gasteiger partial charge in [-0.15, -0.1) is 12.4 Å². The predicted molar refractivity (Wildman–Crippen MR) is 141 cm³/mol. The van der Waals surface area contributed by atoms with Gasteiger partial charge < -0.3 is 21.1 Å². The van der Waals surface area contributed by atoms with Crippen LogP contribution in [0, 0.1) is 0 Å². The molecule has 1 atom stereocenters.